The normalized spacial score (nSPS) is 17.9. The van der Waals surface area contributed by atoms with Gasteiger partial charge in [-0.2, -0.15) is 0 Å². The maximum Gasteiger partial charge on any atom is 0.410 e. The zero-order valence-corrected chi connectivity index (χ0v) is 14.3. The average molecular weight is 322 g/mol. The van der Waals surface area contributed by atoms with Crippen LogP contribution < -0.4 is 10.1 Å². The van der Waals surface area contributed by atoms with Crippen molar-refractivity contribution in [3.63, 3.8) is 0 Å². The van der Waals surface area contributed by atoms with Crippen molar-refractivity contribution < 1.29 is 14.3 Å². The zero-order chi connectivity index (χ0) is 16.9. The van der Waals surface area contributed by atoms with Crippen LogP contribution >= 0.6 is 0 Å². The summed E-state index contributed by atoms with van der Waals surface area (Å²) < 4.78 is 10.8. The van der Waals surface area contributed by atoms with Crippen molar-refractivity contribution in [1.29, 1.82) is 0 Å². The SMILES string of the molecule is CCOc1cc(NC[C@@H]2CCCN2C(=O)OC(C)(C)C)ncn1. The average Bonchev–Trinajstić information content (AvgIpc) is 2.93. The van der Waals surface area contributed by atoms with E-state index in [4.69, 9.17) is 9.47 Å². The van der Waals surface area contributed by atoms with E-state index in [0.29, 0.717) is 24.8 Å². The number of rotatable bonds is 5. The van der Waals surface area contributed by atoms with Gasteiger partial charge in [0, 0.05) is 19.2 Å². The first-order chi connectivity index (χ1) is 10.9. The van der Waals surface area contributed by atoms with Gasteiger partial charge in [0.1, 0.15) is 17.7 Å². The van der Waals surface area contributed by atoms with Gasteiger partial charge in [-0.25, -0.2) is 14.8 Å². The van der Waals surface area contributed by atoms with Crippen LogP contribution in [0.3, 0.4) is 0 Å². The first-order valence-corrected chi connectivity index (χ1v) is 8.07. The second-order valence-corrected chi connectivity index (χ2v) is 6.53. The molecule has 2 rings (SSSR count). The molecule has 0 saturated carbocycles. The van der Waals surface area contributed by atoms with Gasteiger partial charge in [-0.1, -0.05) is 0 Å². The molecule has 1 atom stereocenters. The predicted molar refractivity (Wildman–Crippen MR) is 87.7 cm³/mol. The Hall–Kier alpha value is -2.05. The third-order valence-corrected chi connectivity index (χ3v) is 3.46. The minimum Gasteiger partial charge on any atom is -0.478 e. The van der Waals surface area contributed by atoms with Gasteiger partial charge in [0.2, 0.25) is 5.88 Å². The van der Waals surface area contributed by atoms with Gasteiger partial charge < -0.3 is 19.7 Å². The van der Waals surface area contributed by atoms with Gasteiger partial charge in [-0.3, -0.25) is 0 Å². The Balaban J connectivity index is 1.91. The fourth-order valence-electron chi connectivity index (χ4n) is 2.49. The summed E-state index contributed by atoms with van der Waals surface area (Å²) in [5.41, 5.74) is -0.475. The topological polar surface area (TPSA) is 76.6 Å². The Morgan fingerprint density at radius 1 is 1.43 bits per heavy atom. The molecule has 0 bridgehead atoms. The maximum absolute atomic E-state index is 12.3. The molecule has 1 aliphatic rings. The molecule has 1 aromatic rings. The van der Waals surface area contributed by atoms with E-state index in [1.54, 1.807) is 11.0 Å². The first-order valence-electron chi connectivity index (χ1n) is 8.07. The van der Waals surface area contributed by atoms with Crippen molar-refractivity contribution in [3.8, 4) is 5.88 Å². The van der Waals surface area contributed by atoms with Crippen LogP contribution in [0.4, 0.5) is 10.6 Å². The number of nitrogens with zero attached hydrogens (tertiary/aromatic N) is 3. The number of ether oxygens (including phenoxy) is 2. The van der Waals surface area contributed by atoms with Crippen LogP contribution in [0, 0.1) is 0 Å². The van der Waals surface area contributed by atoms with Crippen LogP contribution in [-0.4, -0.2) is 52.3 Å². The van der Waals surface area contributed by atoms with Gasteiger partial charge in [0.25, 0.3) is 0 Å². The molecule has 1 aliphatic heterocycles. The van der Waals surface area contributed by atoms with Gasteiger partial charge in [-0.15, -0.1) is 0 Å². The van der Waals surface area contributed by atoms with Crippen LogP contribution in [0.2, 0.25) is 0 Å². The van der Waals surface area contributed by atoms with E-state index in [0.717, 1.165) is 19.4 Å². The molecule has 0 radical (unpaired) electrons. The van der Waals surface area contributed by atoms with Crippen molar-refractivity contribution in [2.24, 2.45) is 0 Å². The highest BCUT2D eigenvalue weighted by atomic mass is 16.6. The van der Waals surface area contributed by atoms with E-state index in [9.17, 15) is 4.79 Å². The summed E-state index contributed by atoms with van der Waals surface area (Å²) in [7, 11) is 0. The summed E-state index contributed by atoms with van der Waals surface area (Å²) in [5.74, 6) is 1.24. The Morgan fingerprint density at radius 2 is 2.22 bits per heavy atom. The fourth-order valence-corrected chi connectivity index (χ4v) is 2.49. The van der Waals surface area contributed by atoms with E-state index in [1.807, 2.05) is 27.7 Å². The molecule has 1 amide bonds. The second kappa shape index (κ2) is 7.48. The van der Waals surface area contributed by atoms with Crippen molar-refractivity contribution in [1.82, 2.24) is 14.9 Å². The third kappa shape index (κ3) is 5.26. The van der Waals surface area contributed by atoms with Crippen molar-refractivity contribution in [2.75, 3.05) is 25.0 Å². The summed E-state index contributed by atoms with van der Waals surface area (Å²) in [6, 6.07) is 1.87. The van der Waals surface area contributed by atoms with Crippen molar-refractivity contribution >= 4 is 11.9 Å². The molecule has 1 saturated heterocycles. The zero-order valence-electron chi connectivity index (χ0n) is 14.3. The Labute approximate surface area is 137 Å². The number of likely N-dealkylation sites (tertiary alicyclic amines) is 1. The minimum absolute atomic E-state index is 0.107. The predicted octanol–water partition coefficient (Wildman–Crippen LogP) is 2.69. The van der Waals surface area contributed by atoms with Crippen molar-refractivity contribution in [2.45, 2.75) is 52.2 Å². The largest absolute Gasteiger partial charge is 0.478 e. The second-order valence-electron chi connectivity index (χ2n) is 6.53. The van der Waals surface area contributed by atoms with E-state index in [2.05, 4.69) is 15.3 Å². The summed E-state index contributed by atoms with van der Waals surface area (Å²) >= 11 is 0. The Kier molecular flexibility index (Phi) is 5.63. The van der Waals surface area contributed by atoms with Gasteiger partial charge >= 0.3 is 6.09 Å². The lowest BCUT2D eigenvalue weighted by Crippen LogP contribution is -2.42. The Bertz CT molecular complexity index is 530. The molecular weight excluding hydrogens is 296 g/mol. The van der Waals surface area contributed by atoms with Crippen LogP contribution in [0.25, 0.3) is 0 Å². The van der Waals surface area contributed by atoms with Crippen LogP contribution in [0.5, 0.6) is 5.88 Å². The summed E-state index contributed by atoms with van der Waals surface area (Å²) in [4.78, 5) is 22.3. The smallest absolute Gasteiger partial charge is 0.410 e. The highest BCUT2D eigenvalue weighted by molar-refractivity contribution is 5.69. The van der Waals surface area contributed by atoms with Crippen LogP contribution in [0.1, 0.15) is 40.5 Å². The lowest BCUT2D eigenvalue weighted by molar-refractivity contribution is 0.0235. The van der Waals surface area contributed by atoms with Crippen LogP contribution in [-0.2, 0) is 4.74 Å². The molecule has 0 aliphatic carbocycles. The molecule has 23 heavy (non-hydrogen) atoms. The van der Waals surface area contributed by atoms with Crippen molar-refractivity contribution in [3.05, 3.63) is 12.4 Å². The molecule has 0 unspecified atom stereocenters. The molecule has 7 nitrogen and oxygen atoms in total. The third-order valence-electron chi connectivity index (χ3n) is 3.46. The van der Waals surface area contributed by atoms with E-state index in [-0.39, 0.29) is 12.1 Å². The molecular formula is C16H26N4O3. The number of hydrogen-bond donors (Lipinski definition) is 1. The number of anilines is 1. The highest BCUT2D eigenvalue weighted by Crippen LogP contribution is 2.21. The van der Waals surface area contributed by atoms with Gasteiger partial charge in [-0.05, 0) is 40.5 Å². The lowest BCUT2D eigenvalue weighted by Gasteiger charge is -2.28. The van der Waals surface area contributed by atoms with E-state index in [1.165, 1.54) is 6.33 Å². The van der Waals surface area contributed by atoms with E-state index >= 15 is 0 Å². The van der Waals surface area contributed by atoms with Gasteiger partial charge in [0.15, 0.2) is 0 Å². The highest BCUT2D eigenvalue weighted by Gasteiger charge is 2.31. The lowest BCUT2D eigenvalue weighted by atomic mass is 10.2. The molecule has 1 N–H and O–H groups in total. The quantitative estimate of drug-likeness (QED) is 0.898. The number of amides is 1. The molecule has 1 fully saturated rings. The Morgan fingerprint density at radius 3 is 2.91 bits per heavy atom. The van der Waals surface area contributed by atoms with Crippen LogP contribution in [0.15, 0.2) is 12.4 Å². The molecule has 0 aromatic carbocycles. The molecule has 2 heterocycles. The maximum atomic E-state index is 12.3. The minimum atomic E-state index is -0.475. The fraction of sp³-hybridized carbons (Fsp3) is 0.688. The van der Waals surface area contributed by atoms with E-state index < -0.39 is 5.60 Å². The summed E-state index contributed by atoms with van der Waals surface area (Å²) in [5, 5.41) is 3.25. The molecule has 0 spiro atoms. The molecule has 1 aromatic heterocycles. The first kappa shape index (κ1) is 17.3. The number of carbonyl (C=O) groups is 1. The van der Waals surface area contributed by atoms with Gasteiger partial charge in [0.05, 0.1) is 12.6 Å². The monoisotopic (exact) mass is 322 g/mol. The standard InChI is InChI=1S/C16H26N4O3/c1-5-22-14-9-13(18-11-19-14)17-10-12-7-6-8-20(12)15(21)23-16(2,3)4/h9,11-12H,5-8,10H2,1-4H3,(H,17,18,19)/t12-/m0/s1. The summed E-state index contributed by atoms with van der Waals surface area (Å²) in [6.07, 6.45) is 3.16. The number of nitrogens with one attached hydrogen (secondary N) is 1. The number of hydrogen-bond acceptors (Lipinski definition) is 6. The number of aromatic nitrogens is 2. The molecule has 128 valence electrons. The molecule has 7 heteroatoms. The summed E-state index contributed by atoms with van der Waals surface area (Å²) in [6.45, 7) is 9.47. The number of carbonyl (C=O) groups excluding carboxylic acids is 1.